The molecule has 0 aliphatic heterocycles. The maximum absolute atomic E-state index is 4.65. The highest BCUT2D eigenvalue weighted by Gasteiger charge is 2.20. The smallest absolute Gasteiger partial charge is 0.159 e. The van der Waals surface area contributed by atoms with E-state index in [1.807, 2.05) is 12.4 Å². The molecule has 2 nitrogen and oxygen atoms in total. The van der Waals surface area contributed by atoms with Crippen molar-refractivity contribution in [3.05, 3.63) is 47.8 Å². The molecule has 158 valence electrons. The van der Waals surface area contributed by atoms with E-state index in [-0.39, 0.29) is 0 Å². The summed E-state index contributed by atoms with van der Waals surface area (Å²) >= 11 is 0. The third-order valence-electron chi connectivity index (χ3n) is 6.76. The van der Waals surface area contributed by atoms with E-state index in [0.29, 0.717) is 0 Å². The Morgan fingerprint density at radius 1 is 0.690 bits per heavy atom. The number of hydrogen-bond donors (Lipinski definition) is 0. The third-order valence-corrected chi connectivity index (χ3v) is 6.76. The number of aromatic nitrogens is 2. The van der Waals surface area contributed by atoms with Crippen LogP contribution in [-0.2, 0) is 12.8 Å². The van der Waals surface area contributed by atoms with Gasteiger partial charge < -0.3 is 0 Å². The number of aryl methyl sites for hydroxylation is 2. The molecule has 0 atom stereocenters. The van der Waals surface area contributed by atoms with Crippen LogP contribution in [0.25, 0.3) is 11.4 Å². The lowest BCUT2D eigenvalue weighted by Crippen LogP contribution is -2.15. The fourth-order valence-electron chi connectivity index (χ4n) is 4.70. The SMILES string of the molecule is CCCCCC1CCC(CCc2cnc(-c3ccc(CCCC)cc3)nc2)CC1. The first-order valence-electron chi connectivity index (χ1n) is 12.2. The van der Waals surface area contributed by atoms with Crippen molar-refractivity contribution in [2.45, 2.75) is 97.3 Å². The van der Waals surface area contributed by atoms with Gasteiger partial charge in [0.05, 0.1) is 0 Å². The molecule has 1 heterocycles. The summed E-state index contributed by atoms with van der Waals surface area (Å²) in [7, 11) is 0. The first kappa shape index (κ1) is 22.0. The first-order valence-corrected chi connectivity index (χ1v) is 12.2. The van der Waals surface area contributed by atoms with Gasteiger partial charge in [0.1, 0.15) is 0 Å². The molecular formula is C27H40N2. The summed E-state index contributed by atoms with van der Waals surface area (Å²) in [5.41, 5.74) is 3.82. The molecule has 0 radical (unpaired) electrons. The Morgan fingerprint density at radius 2 is 1.31 bits per heavy atom. The van der Waals surface area contributed by atoms with E-state index in [4.69, 9.17) is 0 Å². The van der Waals surface area contributed by atoms with E-state index in [0.717, 1.165) is 36.1 Å². The van der Waals surface area contributed by atoms with Crippen molar-refractivity contribution in [3.8, 4) is 11.4 Å². The van der Waals surface area contributed by atoms with Gasteiger partial charge in [-0.05, 0) is 48.6 Å². The van der Waals surface area contributed by atoms with E-state index >= 15 is 0 Å². The molecule has 1 aromatic carbocycles. The van der Waals surface area contributed by atoms with E-state index in [1.54, 1.807) is 0 Å². The summed E-state index contributed by atoms with van der Waals surface area (Å²) in [6, 6.07) is 8.78. The van der Waals surface area contributed by atoms with E-state index in [1.165, 1.54) is 81.8 Å². The molecule has 1 aliphatic carbocycles. The maximum atomic E-state index is 4.65. The second kappa shape index (κ2) is 12.1. The average molecular weight is 393 g/mol. The van der Waals surface area contributed by atoms with Gasteiger partial charge in [-0.3, -0.25) is 0 Å². The maximum Gasteiger partial charge on any atom is 0.159 e. The fraction of sp³-hybridized carbons (Fsp3) is 0.630. The zero-order valence-electron chi connectivity index (χ0n) is 18.7. The van der Waals surface area contributed by atoms with Crippen LogP contribution in [0.15, 0.2) is 36.7 Å². The summed E-state index contributed by atoms with van der Waals surface area (Å²) in [6.45, 7) is 4.54. The number of benzene rings is 1. The monoisotopic (exact) mass is 392 g/mol. The Hall–Kier alpha value is -1.70. The van der Waals surface area contributed by atoms with Crippen molar-refractivity contribution >= 4 is 0 Å². The van der Waals surface area contributed by atoms with Gasteiger partial charge in [-0.25, -0.2) is 9.97 Å². The Morgan fingerprint density at radius 3 is 1.93 bits per heavy atom. The van der Waals surface area contributed by atoms with Crippen LogP contribution in [0.1, 0.15) is 95.6 Å². The van der Waals surface area contributed by atoms with Crippen LogP contribution >= 0.6 is 0 Å². The predicted octanol–water partition coefficient (Wildman–Crippen LogP) is 7.81. The van der Waals surface area contributed by atoms with Crippen molar-refractivity contribution in [1.82, 2.24) is 9.97 Å². The Labute approximate surface area is 178 Å². The molecule has 2 heteroatoms. The van der Waals surface area contributed by atoms with E-state index in [2.05, 4.69) is 48.1 Å². The minimum absolute atomic E-state index is 0.850. The molecule has 29 heavy (non-hydrogen) atoms. The van der Waals surface area contributed by atoms with Gasteiger partial charge in [0, 0.05) is 18.0 Å². The fourth-order valence-corrected chi connectivity index (χ4v) is 4.70. The van der Waals surface area contributed by atoms with Gasteiger partial charge in [0.2, 0.25) is 0 Å². The minimum atomic E-state index is 0.850. The predicted molar refractivity (Wildman–Crippen MR) is 124 cm³/mol. The molecule has 0 bridgehead atoms. The average Bonchev–Trinajstić information content (AvgIpc) is 2.78. The van der Waals surface area contributed by atoms with Crippen LogP contribution in [0.2, 0.25) is 0 Å². The van der Waals surface area contributed by atoms with Crippen LogP contribution in [0.3, 0.4) is 0 Å². The Bertz CT molecular complexity index is 681. The summed E-state index contributed by atoms with van der Waals surface area (Å²) in [4.78, 5) is 9.29. The zero-order chi connectivity index (χ0) is 20.3. The van der Waals surface area contributed by atoms with Crippen LogP contribution < -0.4 is 0 Å². The molecule has 3 rings (SSSR count). The second-order valence-electron chi connectivity index (χ2n) is 9.14. The molecule has 0 unspecified atom stereocenters. The minimum Gasteiger partial charge on any atom is -0.236 e. The molecule has 0 spiro atoms. The van der Waals surface area contributed by atoms with Crippen LogP contribution in [0, 0.1) is 11.8 Å². The van der Waals surface area contributed by atoms with E-state index in [9.17, 15) is 0 Å². The van der Waals surface area contributed by atoms with Gasteiger partial charge in [0.25, 0.3) is 0 Å². The highest BCUT2D eigenvalue weighted by molar-refractivity contribution is 5.55. The highest BCUT2D eigenvalue weighted by Crippen LogP contribution is 2.34. The third kappa shape index (κ3) is 7.24. The number of unbranched alkanes of at least 4 members (excludes halogenated alkanes) is 3. The number of hydrogen-bond acceptors (Lipinski definition) is 2. The molecule has 1 fully saturated rings. The quantitative estimate of drug-likeness (QED) is 0.364. The van der Waals surface area contributed by atoms with E-state index < -0.39 is 0 Å². The molecular weight excluding hydrogens is 352 g/mol. The first-order chi connectivity index (χ1) is 14.3. The van der Waals surface area contributed by atoms with Crippen molar-refractivity contribution in [1.29, 1.82) is 0 Å². The van der Waals surface area contributed by atoms with Crippen LogP contribution in [0.4, 0.5) is 0 Å². The van der Waals surface area contributed by atoms with Gasteiger partial charge in [-0.15, -0.1) is 0 Å². The van der Waals surface area contributed by atoms with Crippen molar-refractivity contribution < 1.29 is 0 Å². The topological polar surface area (TPSA) is 25.8 Å². The van der Waals surface area contributed by atoms with Crippen molar-refractivity contribution in [2.75, 3.05) is 0 Å². The summed E-state index contributed by atoms with van der Waals surface area (Å²) in [5.74, 6) is 2.77. The molecule has 0 N–H and O–H groups in total. The lowest BCUT2D eigenvalue weighted by atomic mass is 9.78. The largest absolute Gasteiger partial charge is 0.236 e. The Balaban J connectivity index is 1.42. The van der Waals surface area contributed by atoms with Gasteiger partial charge >= 0.3 is 0 Å². The lowest BCUT2D eigenvalue weighted by molar-refractivity contribution is 0.249. The summed E-state index contributed by atoms with van der Waals surface area (Å²) in [5, 5.41) is 0. The number of nitrogens with zero attached hydrogens (tertiary/aromatic N) is 2. The van der Waals surface area contributed by atoms with Crippen LogP contribution in [-0.4, -0.2) is 9.97 Å². The summed E-state index contributed by atoms with van der Waals surface area (Å²) in [6.07, 6.45) is 21.6. The molecule has 2 aromatic rings. The zero-order valence-corrected chi connectivity index (χ0v) is 18.7. The summed E-state index contributed by atoms with van der Waals surface area (Å²) < 4.78 is 0. The van der Waals surface area contributed by atoms with Gasteiger partial charge in [0.15, 0.2) is 5.82 Å². The van der Waals surface area contributed by atoms with Gasteiger partial charge in [-0.2, -0.15) is 0 Å². The van der Waals surface area contributed by atoms with Gasteiger partial charge in [-0.1, -0.05) is 95.9 Å². The lowest BCUT2D eigenvalue weighted by Gasteiger charge is -2.28. The molecule has 0 amide bonds. The molecule has 1 saturated carbocycles. The normalized spacial score (nSPS) is 19.4. The van der Waals surface area contributed by atoms with Crippen LogP contribution in [0.5, 0.6) is 0 Å². The standard InChI is InChI=1S/C27H40N2/c1-3-5-7-9-23-10-12-24(13-11-23)14-15-25-20-28-27(29-21-25)26-18-16-22(17-19-26)8-6-4-2/h16-21,23-24H,3-15H2,1-2H3. The Kier molecular flexibility index (Phi) is 9.18. The highest BCUT2D eigenvalue weighted by atomic mass is 14.9. The molecule has 0 saturated heterocycles. The molecule has 1 aliphatic rings. The number of rotatable bonds is 11. The van der Waals surface area contributed by atoms with Crippen molar-refractivity contribution in [2.24, 2.45) is 11.8 Å². The second-order valence-corrected chi connectivity index (χ2v) is 9.14. The van der Waals surface area contributed by atoms with Crippen molar-refractivity contribution in [3.63, 3.8) is 0 Å². The molecule has 1 aromatic heterocycles.